The summed E-state index contributed by atoms with van der Waals surface area (Å²) in [7, 11) is -1.45. The van der Waals surface area contributed by atoms with Gasteiger partial charge in [0, 0.05) is 10.0 Å². The second-order valence-corrected chi connectivity index (χ2v) is 9.10. The van der Waals surface area contributed by atoms with Crippen molar-refractivity contribution in [1.82, 2.24) is 4.72 Å². The normalized spacial score (nSPS) is 14.4. The third-order valence-electron chi connectivity index (χ3n) is 3.10. The average Bonchev–Trinajstić information content (AvgIpc) is 2.41. The van der Waals surface area contributed by atoms with Gasteiger partial charge in [0.25, 0.3) is 0 Å². The summed E-state index contributed by atoms with van der Waals surface area (Å²) in [6.45, 7) is 9.01. The van der Waals surface area contributed by atoms with Crippen LogP contribution in [0.1, 0.15) is 51.3 Å². The average molecular weight is 408 g/mol. The Labute approximate surface area is 147 Å². The minimum Gasteiger partial charge on any atom is -0.466 e. The maximum absolute atomic E-state index is 14.5. The van der Waals surface area contributed by atoms with Crippen LogP contribution in [0.2, 0.25) is 0 Å². The van der Waals surface area contributed by atoms with Crippen molar-refractivity contribution in [2.24, 2.45) is 0 Å². The number of hydrogen-bond acceptors (Lipinski definition) is 3. The molecule has 0 aromatic heterocycles. The fraction of sp³-hybridized carbons (Fsp3) is 0.562. The van der Waals surface area contributed by atoms with Crippen molar-refractivity contribution in [1.29, 1.82) is 0 Å². The molecule has 2 atom stereocenters. The number of nitrogens with one attached hydrogen (secondary N) is 1. The van der Waals surface area contributed by atoms with Gasteiger partial charge in [-0.15, -0.1) is 0 Å². The Hall–Kier alpha value is -0.790. The largest absolute Gasteiger partial charge is 0.466 e. The zero-order valence-corrected chi connectivity index (χ0v) is 16.4. The van der Waals surface area contributed by atoms with E-state index in [0.29, 0.717) is 15.6 Å². The van der Waals surface area contributed by atoms with Crippen LogP contribution < -0.4 is 4.72 Å². The van der Waals surface area contributed by atoms with Gasteiger partial charge in [0.1, 0.15) is 5.82 Å². The molecule has 23 heavy (non-hydrogen) atoms. The van der Waals surface area contributed by atoms with Crippen LogP contribution in [0.15, 0.2) is 16.6 Å². The number of rotatable bonds is 6. The Morgan fingerprint density at radius 2 is 2.04 bits per heavy atom. The van der Waals surface area contributed by atoms with Crippen LogP contribution in [0, 0.1) is 12.7 Å². The van der Waals surface area contributed by atoms with Gasteiger partial charge in [-0.2, -0.15) is 0 Å². The maximum Gasteiger partial charge on any atom is 0.307 e. The molecule has 1 aromatic rings. The monoisotopic (exact) mass is 407 g/mol. The summed E-state index contributed by atoms with van der Waals surface area (Å²) in [5, 5.41) is 0. The lowest BCUT2D eigenvalue weighted by molar-refractivity contribution is -0.143. The van der Waals surface area contributed by atoms with Gasteiger partial charge in [-0.05, 0) is 52.3 Å². The number of aryl methyl sites for hydroxylation is 1. The van der Waals surface area contributed by atoms with Crippen LogP contribution in [0.3, 0.4) is 0 Å². The van der Waals surface area contributed by atoms with E-state index in [0.717, 1.165) is 0 Å². The van der Waals surface area contributed by atoms with Crippen molar-refractivity contribution in [3.8, 4) is 0 Å². The smallest absolute Gasteiger partial charge is 0.307 e. The molecule has 1 N–H and O–H groups in total. The zero-order valence-electron chi connectivity index (χ0n) is 14.0. The van der Waals surface area contributed by atoms with Gasteiger partial charge in [0.15, 0.2) is 0 Å². The van der Waals surface area contributed by atoms with Gasteiger partial charge in [0.05, 0.1) is 34.8 Å². The van der Waals surface area contributed by atoms with Gasteiger partial charge in [0.2, 0.25) is 0 Å². The zero-order chi connectivity index (χ0) is 17.8. The van der Waals surface area contributed by atoms with Crippen molar-refractivity contribution in [2.45, 2.75) is 51.8 Å². The fourth-order valence-corrected chi connectivity index (χ4v) is 3.32. The van der Waals surface area contributed by atoms with E-state index in [4.69, 9.17) is 4.74 Å². The summed E-state index contributed by atoms with van der Waals surface area (Å²) in [4.78, 5) is 11.8. The van der Waals surface area contributed by atoms with E-state index in [2.05, 4.69) is 20.7 Å². The molecule has 0 heterocycles. The highest BCUT2D eigenvalue weighted by atomic mass is 79.9. The maximum atomic E-state index is 14.5. The predicted molar refractivity (Wildman–Crippen MR) is 93.9 cm³/mol. The topological polar surface area (TPSA) is 55.4 Å². The Morgan fingerprint density at radius 1 is 1.43 bits per heavy atom. The van der Waals surface area contributed by atoms with Gasteiger partial charge in [-0.1, -0.05) is 15.9 Å². The first kappa shape index (κ1) is 20.3. The van der Waals surface area contributed by atoms with Gasteiger partial charge in [-0.3, -0.25) is 4.79 Å². The third-order valence-corrected chi connectivity index (χ3v) is 5.17. The van der Waals surface area contributed by atoms with Crippen molar-refractivity contribution >= 4 is 32.9 Å². The molecule has 1 rings (SSSR count). The van der Waals surface area contributed by atoms with E-state index in [1.165, 1.54) is 0 Å². The molecule has 1 aromatic carbocycles. The Morgan fingerprint density at radius 3 is 2.57 bits per heavy atom. The third kappa shape index (κ3) is 5.97. The van der Waals surface area contributed by atoms with E-state index in [9.17, 15) is 13.4 Å². The molecular weight excluding hydrogens is 385 g/mol. The highest BCUT2D eigenvalue weighted by molar-refractivity contribution is 9.10. The van der Waals surface area contributed by atoms with E-state index in [1.54, 1.807) is 46.8 Å². The number of hydrogen-bond donors (Lipinski definition) is 1. The molecule has 0 spiro atoms. The first-order valence-electron chi connectivity index (χ1n) is 7.35. The highest BCUT2D eigenvalue weighted by Crippen LogP contribution is 2.28. The number of carbonyl (C=O) groups excluding carboxylic acids is 1. The number of halogens is 2. The lowest BCUT2D eigenvalue weighted by Crippen LogP contribution is -2.37. The van der Waals surface area contributed by atoms with Crippen molar-refractivity contribution in [2.75, 3.05) is 6.61 Å². The number of ether oxygens (including phenoxy) is 1. The number of carbonyl (C=O) groups is 1. The Balaban J connectivity index is 3.18. The minimum atomic E-state index is -1.45. The molecule has 0 saturated heterocycles. The SMILES string of the molecule is CCOC(=O)C[C@H](N[S@](=O)C(C)(C)C)c1cc(Br)cc(C)c1F. The molecular formula is C16H23BrFNO3S. The van der Waals surface area contributed by atoms with Crippen molar-refractivity contribution < 1.29 is 18.1 Å². The van der Waals surface area contributed by atoms with Crippen LogP contribution in [0.4, 0.5) is 4.39 Å². The molecule has 0 aliphatic carbocycles. The molecule has 0 saturated carbocycles. The molecule has 7 heteroatoms. The second-order valence-electron chi connectivity index (χ2n) is 6.19. The molecule has 0 amide bonds. The molecule has 0 bridgehead atoms. The molecule has 0 radical (unpaired) electrons. The van der Waals surface area contributed by atoms with Crippen LogP contribution in [0.5, 0.6) is 0 Å². The summed E-state index contributed by atoms with van der Waals surface area (Å²) in [6, 6.07) is 2.52. The first-order valence-corrected chi connectivity index (χ1v) is 9.29. The summed E-state index contributed by atoms with van der Waals surface area (Å²) in [6.07, 6.45) is -0.0948. The molecule has 130 valence electrons. The van der Waals surface area contributed by atoms with Crippen LogP contribution >= 0.6 is 15.9 Å². The lowest BCUT2D eigenvalue weighted by Gasteiger charge is -2.25. The summed E-state index contributed by atoms with van der Waals surface area (Å²) in [5.74, 6) is -0.881. The van der Waals surface area contributed by atoms with Crippen molar-refractivity contribution in [3.05, 3.63) is 33.5 Å². The second kappa shape index (κ2) is 8.35. The molecule has 0 aliphatic heterocycles. The summed E-state index contributed by atoms with van der Waals surface area (Å²) >= 11 is 3.33. The molecule has 0 fully saturated rings. The Kier molecular flexibility index (Phi) is 7.35. The minimum absolute atomic E-state index is 0.0948. The first-order chi connectivity index (χ1) is 10.6. The predicted octanol–water partition coefficient (Wildman–Crippen LogP) is 3.94. The fourth-order valence-electron chi connectivity index (χ4n) is 1.91. The van der Waals surface area contributed by atoms with Crippen LogP contribution in [-0.2, 0) is 20.5 Å². The molecule has 4 nitrogen and oxygen atoms in total. The summed E-state index contributed by atoms with van der Waals surface area (Å²) < 4.78 is 34.9. The Bertz CT molecular complexity index is 602. The standard InChI is InChI=1S/C16H23BrFNO3S/c1-6-22-14(20)9-13(19-23(21)16(3,4)5)12-8-11(17)7-10(2)15(12)18/h7-8,13,19H,6,9H2,1-5H3/t13-,23+/m0/s1. The molecule has 0 aliphatic rings. The lowest BCUT2D eigenvalue weighted by atomic mass is 10.0. The van der Waals surface area contributed by atoms with E-state index >= 15 is 0 Å². The van der Waals surface area contributed by atoms with Crippen LogP contribution in [0.25, 0.3) is 0 Å². The van der Waals surface area contributed by atoms with E-state index in [-0.39, 0.29) is 13.0 Å². The summed E-state index contributed by atoms with van der Waals surface area (Å²) in [5.41, 5.74) is 0.745. The number of benzene rings is 1. The van der Waals surface area contributed by atoms with Gasteiger partial charge >= 0.3 is 5.97 Å². The van der Waals surface area contributed by atoms with E-state index in [1.807, 2.05) is 0 Å². The number of esters is 1. The van der Waals surface area contributed by atoms with E-state index < -0.39 is 33.6 Å². The van der Waals surface area contributed by atoms with Crippen LogP contribution in [-0.4, -0.2) is 21.5 Å². The highest BCUT2D eigenvalue weighted by Gasteiger charge is 2.28. The molecule has 0 unspecified atom stereocenters. The van der Waals surface area contributed by atoms with Gasteiger partial charge in [-0.25, -0.2) is 13.3 Å². The quantitative estimate of drug-likeness (QED) is 0.726. The van der Waals surface area contributed by atoms with Gasteiger partial charge < -0.3 is 4.74 Å². The van der Waals surface area contributed by atoms with Crippen molar-refractivity contribution in [3.63, 3.8) is 0 Å².